The molecule has 1 saturated heterocycles. The lowest BCUT2D eigenvalue weighted by atomic mass is 9.93. The van der Waals surface area contributed by atoms with Crippen molar-refractivity contribution in [2.75, 3.05) is 52.4 Å². The van der Waals surface area contributed by atoms with Crippen LogP contribution in [0.4, 0.5) is 0 Å². The highest BCUT2D eigenvalue weighted by Crippen LogP contribution is 2.33. The number of aliphatic imine (C=N–C) groups is 1. The van der Waals surface area contributed by atoms with Gasteiger partial charge in [-0.25, -0.2) is 0 Å². The van der Waals surface area contributed by atoms with Crippen LogP contribution in [0.2, 0.25) is 0 Å². The standard InChI is InChI=1S/C22H36N4O/c1-4-23-22(26-13-11-18(17-26)16-25(5-2)6-3)24-15-19-12-14-27-21-10-8-7-9-20(19)21/h7-10,18-19H,4-6,11-17H2,1-3H3,(H,23,24). The summed E-state index contributed by atoms with van der Waals surface area (Å²) in [5.74, 6) is 3.33. The lowest BCUT2D eigenvalue weighted by molar-refractivity contribution is 0.255. The maximum Gasteiger partial charge on any atom is 0.193 e. The molecule has 5 nitrogen and oxygen atoms in total. The Balaban J connectivity index is 1.62. The van der Waals surface area contributed by atoms with Crippen LogP contribution < -0.4 is 10.1 Å². The van der Waals surface area contributed by atoms with Gasteiger partial charge in [-0.15, -0.1) is 0 Å². The van der Waals surface area contributed by atoms with Crippen molar-refractivity contribution in [1.82, 2.24) is 15.1 Å². The van der Waals surface area contributed by atoms with Crippen LogP contribution in [-0.2, 0) is 0 Å². The minimum Gasteiger partial charge on any atom is -0.493 e. The molecule has 0 bridgehead atoms. The fourth-order valence-electron chi connectivity index (χ4n) is 4.25. The van der Waals surface area contributed by atoms with Gasteiger partial charge in [-0.1, -0.05) is 32.0 Å². The summed E-state index contributed by atoms with van der Waals surface area (Å²) < 4.78 is 5.80. The first-order valence-electron chi connectivity index (χ1n) is 10.7. The molecule has 27 heavy (non-hydrogen) atoms. The Morgan fingerprint density at radius 2 is 2.04 bits per heavy atom. The smallest absolute Gasteiger partial charge is 0.193 e. The molecule has 1 aromatic carbocycles. The minimum atomic E-state index is 0.456. The van der Waals surface area contributed by atoms with Gasteiger partial charge in [0, 0.05) is 38.6 Å². The third kappa shape index (κ3) is 5.16. The van der Waals surface area contributed by atoms with Crippen LogP contribution in [0.5, 0.6) is 5.75 Å². The van der Waals surface area contributed by atoms with Crippen LogP contribution in [0.3, 0.4) is 0 Å². The van der Waals surface area contributed by atoms with E-state index < -0.39 is 0 Å². The van der Waals surface area contributed by atoms with E-state index in [2.05, 4.69) is 60.2 Å². The average Bonchev–Trinajstić information content (AvgIpc) is 3.17. The maximum atomic E-state index is 5.80. The predicted molar refractivity (Wildman–Crippen MR) is 113 cm³/mol. The average molecular weight is 373 g/mol. The van der Waals surface area contributed by atoms with E-state index in [0.717, 1.165) is 69.9 Å². The first-order valence-corrected chi connectivity index (χ1v) is 10.7. The molecule has 2 aliphatic heterocycles. The molecule has 0 spiro atoms. The fourth-order valence-corrected chi connectivity index (χ4v) is 4.25. The molecule has 0 amide bonds. The van der Waals surface area contributed by atoms with Crippen molar-refractivity contribution in [3.63, 3.8) is 0 Å². The van der Waals surface area contributed by atoms with Gasteiger partial charge in [-0.3, -0.25) is 4.99 Å². The van der Waals surface area contributed by atoms with Gasteiger partial charge in [0.1, 0.15) is 5.75 Å². The summed E-state index contributed by atoms with van der Waals surface area (Å²) in [4.78, 5) is 10.0. The third-order valence-electron chi connectivity index (χ3n) is 5.88. The maximum absolute atomic E-state index is 5.80. The van der Waals surface area contributed by atoms with Gasteiger partial charge in [-0.05, 0) is 50.4 Å². The van der Waals surface area contributed by atoms with Crippen LogP contribution in [0.15, 0.2) is 29.3 Å². The van der Waals surface area contributed by atoms with Gasteiger partial charge in [-0.2, -0.15) is 0 Å². The molecule has 2 heterocycles. The van der Waals surface area contributed by atoms with E-state index in [1.54, 1.807) is 0 Å². The zero-order chi connectivity index (χ0) is 19.1. The van der Waals surface area contributed by atoms with Crippen molar-refractivity contribution in [1.29, 1.82) is 0 Å². The van der Waals surface area contributed by atoms with Gasteiger partial charge in [0.25, 0.3) is 0 Å². The number of nitrogens with zero attached hydrogens (tertiary/aromatic N) is 3. The summed E-state index contributed by atoms with van der Waals surface area (Å²) in [6.45, 7) is 14.9. The number of rotatable bonds is 7. The second-order valence-corrected chi connectivity index (χ2v) is 7.65. The van der Waals surface area contributed by atoms with Crippen molar-refractivity contribution in [2.45, 2.75) is 39.5 Å². The van der Waals surface area contributed by atoms with Gasteiger partial charge in [0.15, 0.2) is 5.96 Å². The number of likely N-dealkylation sites (tertiary alicyclic amines) is 1. The Morgan fingerprint density at radius 3 is 2.81 bits per heavy atom. The number of nitrogens with one attached hydrogen (secondary N) is 1. The number of fused-ring (bicyclic) bond motifs is 1. The van der Waals surface area contributed by atoms with Crippen LogP contribution in [0.1, 0.15) is 45.1 Å². The molecular formula is C22H36N4O. The topological polar surface area (TPSA) is 40.1 Å². The molecule has 2 unspecified atom stereocenters. The van der Waals surface area contributed by atoms with E-state index in [9.17, 15) is 0 Å². The summed E-state index contributed by atoms with van der Waals surface area (Å²) >= 11 is 0. The van der Waals surface area contributed by atoms with Gasteiger partial charge < -0.3 is 19.9 Å². The zero-order valence-corrected chi connectivity index (χ0v) is 17.3. The van der Waals surface area contributed by atoms with E-state index in [-0.39, 0.29) is 0 Å². The Morgan fingerprint density at radius 1 is 1.22 bits per heavy atom. The lowest BCUT2D eigenvalue weighted by Crippen LogP contribution is -2.41. The van der Waals surface area contributed by atoms with Crippen molar-refractivity contribution < 1.29 is 4.74 Å². The monoisotopic (exact) mass is 372 g/mol. The molecule has 0 saturated carbocycles. The van der Waals surface area contributed by atoms with Crippen LogP contribution in [0, 0.1) is 5.92 Å². The number of benzene rings is 1. The quantitative estimate of drug-likeness (QED) is 0.589. The normalized spacial score (nSPS) is 22.7. The van der Waals surface area contributed by atoms with E-state index >= 15 is 0 Å². The molecule has 1 fully saturated rings. The molecule has 5 heteroatoms. The Hall–Kier alpha value is -1.75. The van der Waals surface area contributed by atoms with Crippen LogP contribution >= 0.6 is 0 Å². The summed E-state index contributed by atoms with van der Waals surface area (Å²) in [5, 5.41) is 3.52. The van der Waals surface area contributed by atoms with E-state index in [1.807, 2.05) is 0 Å². The number of para-hydroxylation sites is 1. The second kappa shape index (κ2) is 9.98. The zero-order valence-electron chi connectivity index (χ0n) is 17.3. The number of ether oxygens (including phenoxy) is 1. The Bertz CT molecular complexity index is 614. The molecule has 2 atom stereocenters. The molecule has 1 aromatic rings. The van der Waals surface area contributed by atoms with Crippen molar-refractivity contribution in [3.05, 3.63) is 29.8 Å². The van der Waals surface area contributed by atoms with Crippen LogP contribution in [-0.4, -0.2) is 68.2 Å². The SMILES string of the molecule is CCNC(=NCC1CCOc2ccccc21)N1CCC(CN(CC)CC)C1. The summed E-state index contributed by atoms with van der Waals surface area (Å²) in [7, 11) is 0. The molecule has 150 valence electrons. The van der Waals surface area contributed by atoms with Crippen molar-refractivity contribution >= 4 is 5.96 Å². The number of guanidine groups is 1. The van der Waals surface area contributed by atoms with E-state index in [0.29, 0.717) is 5.92 Å². The number of hydrogen-bond acceptors (Lipinski definition) is 3. The van der Waals surface area contributed by atoms with Gasteiger partial charge >= 0.3 is 0 Å². The van der Waals surface area contributed by atoms with E-state index in [1.165, 1.54) is 18.5 Å². The van der Waals surface area contributed by atoms with Crippen LogP contribution in [0.25, 0.3) is 0 Å². The summed E-state index contributed by atoms with van der Waals surface area (Å²) in [6.07, 6.45) is 2.31. The minimum absolute atomic E-state index is 0.456. The number of hydrogen-bond donors (Lipinski definition) is 1. The third-order valence-corrected chi connectivity index (χ3v) is 5.88. The second-order valence-electron chi connectivity index (χ2n) is 7.65. The summed E-state index contributed by atoms with van der Waals surface area (Å²) in [6, 6.07) is 8.43. The molecule has 0 aliphatic carbocycles. The van der Waals surface area contributed by atoms with Crippen molar-refractivity contribution in [3.8, 4) is 5.75 Å². The Kier molecular flexibility index (Phi) is 7.39. The van der Waals surface area contributed by atoms with Gasteiger partial charge in [0.2, 0.25) is 0 Å². The fraction of sp³-hybridized carbons (Fsp3) is 0.682. The molecule has 2 aliphatic rings. The summed E-state index contributed by atoms with van der Waals surface area (Å²) in [5.41, 5.74) is 1.31. The molecule has 0 radical (unpaired) electrons. The molecule has 3 rings (SSSR count). The van der Waals surface area contributed by atoms with Crippen molar-refractivity contribution in [2.24, 2.45) is 10.9 Å². The van der Waals surface area contributed by atoms with Gasteiger partial charge in [0.05, 0.1) is 6.61 Å². The predicted octanol–water partition coefficient (Wildman–Crippen LogP) is 3.18. The lowest BCUT2D eigenvalue weighted by Gasteiger charge is -2.27. The van der Waals surface area contributed by atoms with E-state index in [4.69, 9.17) is 9.73 Å². The highest BCUT2D eigenvalue weighted by atomic mass is 16.5. The first kappa shape index (κ1) is 20.0. The Labute approximate surface area is 164 Å². The molecule has 0 aromatic heterocycles. The highest BCUT2D eigenvalue weighted by molar-refractivity contribution is 5.80. The largest absolute Gasteiger partial charge is 0.493 e. The molecule has 1 N–H and O–H groups in total. The molecular weight excluding hydrogens is 336 g/mol. The highest BCUT2D eigenvalue weighted by Gasteiger charge is 2.27. The first-order chi connectivity index (χ1) is 13.2.